The van der Waals surface area contributed by atoms with Gasteiger partial charge in [-0.05, 0) is 38.1 Å². The third kappa shape index (κ3) is 3.86. The number of aromatic nitrogens is 2. The number of hydrogen-bond donors (Lipinski definition) is 2. The van der Waals surface area contributed by atoms with Gasteiger partial charge in [0.25, 0.3) is 0 Å². The summed E-state index contributed by atoms with van der Waals surface area (Å²) in [5.74, 6) is -1.18. The molecule has 0 aliphatic heterocycles. The zero-order chi connectivity index (χ0) is 15.4. The highest BCUT2D eigenvalue weighted by molar-refractivity contribution is 5.21. The Morgan fingerprint density at radius 2 is 2.10 bits per heavy atom. The maximum absolute atomic E-state index is 13.6. The van der Waals surface area contributed by atoms with Crippen LogP contribution in [0.15, 0.2) is 36.7 Å². The van der Waals surface area contributed by atoms with Crippen LogP contribution >= 0.6 is 0 Å². The molecular weight excluding hydrogens is 276 g/mol. The number of aliphatic hydroxyl groups excluding tert-OH is 1. The van der Waals surface area contributed by atoms with Crippen molar-refractivity contribution in [2.75, 3.05) is 6.54 Å². The zero-order valence-corrected chi connectivity index (χ0v) is 12.0. The van der Waals surface area contributed by atoms with Crippen LogP contribution in [-0.4, -0.2) is 27.5 Å². The van der Waals surface area contributed by atoms with Gasteiger partial charge >= 0.3 is 0 Å². The van der Waals surface area contributed by atoms with Gasteiger partial charge in [-0.25, -0.2) is 8.78 Å². The van der Waals surface area contributed by atoms with Gasteiger partial charge in [0, 0.05) is 30.5 Å². The molecule has 0 aliphatic rings. The highest BCUT2D eigenvalue weighted by Gasteiger charge is 2.18. The average molecular weight is 295 g/mol. The molecule has 2 rings (SSSR count). The normalized spacial score (nSPS) is 15.7. The zero-order valence-electron chi connectivity index (χ0n) is 12.0. The van der Waals surface area contributed by atoms with Crippen LogP contribution in [0.2, 0.25) is 0 Å². The number of benzene rings is 1. The molecule has 1 heterocycles. The number of nitrogens with zero attached hydrogens (tertiary/aromatic N) is 2. The van der Waals surface area contributed by atoms with Crippen molar-refractivity contribution >= 4 is 0 Å². The SMILES string of the molecule is C[C@H](NC[C@@H](O)c1cc(F)ccc1F)[C@@H](C)n1cccn1. The summed E-state index contributed by atoms with van der Waals surface area (Å²) in [6.45, 7) is 4.06. The average Bonchev–Trinajstić information content (AvgIpc) is 3.00. The van der Waals surface area contributed by atoms with Crippen LogP contribution in [0.25, 0.3) is 0 Å². The summed E-state index contributed by atoms with van der Waals surface area (Å²) in [6.07, 6.45) is 2.44. The fraction of sp³-hybridized carbons (Fsp3) is 0.400. The molecule has 0 spiro atoms. The lowest BCUT2D eigenvalue weighted by atomic mass is 10.1. The Bertz CT molecular complexity index is 574. The van der Waals surface area contributed by atoms with Crippen molar-refractivity contribution in [2.45, 2.75) is 32.0 Å². The summed E-state index contributed by atoms with van der Waals surface area (Å²) in [7, 11) is 0. The van der Waals surface area contributed by atoms with Crippen LogP contribution in [0.1, 0.15) is 31.6 Å². The van der Waals surface area contributed by atoms with Crippen molar-refractivity contribution in [2.24, 2.45) is 0 Å². The maximum Gasteiger partial charge on any atom is 0.129 e. The van der Waals surface area contributed by atoms with Gasteiger partial charge in [0.15, 0.2) is 0 Å². The molecule has 0 bridgehead atoms. The molecule has 4 nitrogen and oxygen atoms in total. The fourth-order valence-electron chi connectivity index (χ4n) is 2.10. The van der Waals surface area contributed by atoms with E-state index in [2.05, 4.69) is 10.4 Å². The summed E-state index contributed by atoms with van der Waals surface area (Å²) < 4.78 is 28.5. The van der Waals surface area contributed by atoms with Crippen LogP contribution in [0.5, 0.6) is 0 Å². The van der Waals surface area contributed by atoms with E-state index in [0.29, 0.717) is 0 Å². The monoisotopic (exact) mass is 295 g/mol. The van der Waals surface area contributed by atoms with E-state index >= 15 is 0 Å². The van der Waals surface area contributed by atoms with Gasteiger partial charge in [-0.2, -0.15) is 5.10 Å². The van der Waals surface area contributed by atoms with Crippen LogP contribution in [0, 0.1) is 11.6 Å². The largest absolute Gasteiger partial charge is 0.387 e. The van der Waals surface area contributed by atoms with Gasteiger partial charge < -0.3 is 10.4 Å². The highest BCUT2D eigenvalue weighted by atomic mass is 19.1. The van der Waals surface area contributed by atoms with E-state index in [1.165, 1.54) is 0 Å². The fourth-order valence-corrected chi connectivity index (χ4v) is 2.10. The van der Waals surface area contributed by atoms with Gasteiger partial charge in [0.2, 0.25) is 0 Å². The summed E-state index contributed by atoms with van der Waals surface area (Å²) in [5, 5.41) is 17.3. The number of hydrogen-bond acceptors (Lipinski definition) is 3. The topological polar surface area (TPSA) is 50.1 Å². The first-order chi connectivity index (χ1) is 9.99. The molecular formula is C15H19F2N3O. The Hall–Kier alpha value is -1.79. The van der Waals surface area contributed by atoms with Crippen molar-refractivity contribution < 1.29 is 13.9 Å². The molecule has 0 amide bonds. The van der Waals surface area contributed by atoms with E-state index in [4.69, 9.17) is 0 Å². The predicted octanol–water partition coefficient (Wildman–Crippen LogP) is 2.43. The second-order valence-electron chi connectivity index (χ2n) is 5.11. The molecule has 0 unspecified atom stereocenters. The van der Waals surface area contributed by atoms with Crippen LogP contribution in [-0.2, 0) is 0 Å². The van der Waals surface area contributed by atoms with E-state index in [9.17, 15) is 13.9 Å². The first-order valence-corrected chi connectivity index (χ1v) is 6.84. The molecule has 114 valence electrons. The van der Waals surface area contributed by atoms with E-state index in [0.717, 1.165) is 18.2 Å². The molecule has 0 aliphatic carbocycles. The Labute approximate surface area is 122 Å². The highest BCUT2D eigenvalue weighted by Crippen LogP contribution is 2.18. The number of nitrogens with one attached hydrogen (secondary N) is 1. The first-order valence-electron chi connectivity index (χ1n) is 6.84. The maximum atomic E-state index is 13.6. The smallest absolute Gasteiger partial charge is 0.129 e. The van der Waals surface area contributed by atoms with E-state index in [1.807, 2.05) is 26.1 Å². The van der Waals surface area contributed by atoms with Crippen LogP contribution < -0.4 is 5.32 Å². The lowest BCUT2D eigenvalue weighted by Gasteiger charge is -2.23. The second-order valence-corrected chi connectivity index (χ2v) is 5.11. The molecule has 0 saturated carbocycles. The molecule has 2 N–H and O–H groups in total. The van der Waals surface area contributed by atoms with Crippen LogP contribution in [0.4, 0.5) is 8.78 Å². The Kier molecular flexibility index (Phi) is 5.03. The van der Waals surface area contributed by atoms with E-state index in [-0.39, 0.29) is 24.2 Å². The molecule has 0 radical (unpaired) electrons. The van der Waals surface area contributed by atoms with E-state index in [1.54, 1.807) is 10.9 Å². The summed E-state index contributed by atoms with van der Waals surface area (Å²) in [5.41, 5.74) is -0.0403. The van der Waals surface area contributed by atoms with Crippen molar-refractivity contribution in [3.8, 4) is 0 Å². The minimum atomic E-state index is -1.10. The first kappa shape index (κ1) is 15.6. The minimum absolute atomic E-state index is 0.0103. The molecule has 1 aromatic carbocycles. The minimum Gasteiger partial charge on any atom is -0.387 e. The van der Waals surface area contributed by atoms with Gasteiger partial charge in [0.1, 0.15) is 11.6 Å². The van der Waals surface area contributed by atoms with Gasteiger partial charge in [-0.3, -0.25) is 4.68 Å². The third-order valence-electron chi connectivity index (χ3n) is 3.62. The van der Waals surface area contributed by atoms with Crippen molar-refractivity contribution in [3.05, 3.63) is 53.9 Å². The molecule has 3 atom stereocenters. The Morgan fingerprint density at radius 3 is 2.76 bits per heavy atom. The summed E-state index contributed by atoms with van der Waals surface area (Å²) >= 11 is 0. The Morgan fingerprint density at radius 1 is 1.33 bits per heavy atom. The standard InChI is InChI=1S/C15H19F2N3O/c1-10(11(2)20-7-3-6-19-20)18-9-15(21)13-8-12(16)4-5-14(13)17/h3-8,10-11,15,18,21H,9H2,1-2H3/t10-,11+,15+/m0/s1. The lowest BCUT2D eigenvalue weighted by molar-refractivity contribution is 0.161. The van der Waals surface area contributed by atoms with Gasteiger partial charge in [-0.15, -0.1) is 0 Å². The molecule has 2 aromatic rings. The number of aliphatic hydroxyl groups is 1. The quantitative estimate of drug-likeness (QED) is 0.860. The van der Waals surface area contributed by atoms with Crippen molar-refractivity contribution in [1.29, 1.82) is 0 Å². The van der Waals surface area contributed by atoms with Crippen molar-refractivity contribution in [1.82, 2.24) is 15.1 Å². The van der Waals surface area contributed by atoms with E-state index < -0.39 is 17.7 Å². The molecule has 0 fully saturated rings. The molecule has 6 heteroatoms. The summed E-state index contributed by atoms with van der Waals surface area (Å²) in [4.78, 5) is 0. The van der Waals surface area contributed by atoms with Gasteiger partial charge in [0.05, 0.1) is 12.1 Å². The number of halogens is 2. The Balaban J connectivity index is 1.94. The number of rotatable bonds is 6. The lowest BCUT2D eigenvalue weighted by Crippen LogP contribution is -2.36. The molecule has 0 saturated heterocycles. The summed E-state index contributed by atoms with van der Waals surface area (Å²) in [6, 6.07) is 4.98. The second kappa shape index (κ2) is 6.78. The predicted molar refractivity (Wildman–Crippen MR) is 75.7 cm³/mol. The van der Waals surface area contributed by atoms with Crippen LogP contribution in [0.3, 0.4) is 0 Å². The molecule has 1 aromatic heterocycles. The molecule has 21 heavy (non-hydrogen) atoms. The van der Waals surface area contributed by atoms with Crippen molar-refractivity contribution in [3.63, 3.8) is 0 Å². The third-order valence-corrected chi connectivity index (χ3v) is 3.62. The van der Waals surface area contributed by atoms with Gasteiger partial charge in [-0.1, -0.05) is 0 Å².